The molecular weight excluding hydrogens is 220 g/mol. The molecule has 0 radical (unpaired) electrons. The molecule has 1 aliphatic rings. The number of aryl methyl sites for hydroxylation is 1. The van der Waals surface area contributed by atoms with Crippen LogP contribution in [0.15, 0.2) is 30.3 Å². The minimum atomic E-state index is 0.901. The molecule has 1 aromatic carbocycles. The van der Waals surface area contributed by atoms with Crippen LogP contribution in [0.4, 0.5) is 0 Å². The average molecular weight is 246 g/mol. The number of benzene rings is 1. The maximum Gasteiger partial charge on any atom is -0.00187 e. The van der Waals surface area contributed by atoms with Gasteiger partial charge in [-0.1, -0.05) is 30.3 Å². The summed E-state index contributed by atoms with van der Waals surface area (Å²) in [7, 11) is 2.23. The molecule has 1 aliphatic heterocycles. The van der Waals surface area contributed by atoms with Crippen LogP contribution in [0.25, 0.3) is 0 Å². The molecule has 0 aliphatic carbocycles. The van der Waals surface area contributed by atoms with Gasteiger partial charge in [0.2, 0.25) is 0 Å². The zero-order valence-corrected chi connectivity index (χ0v) is 11.6. The molecule has 0 atom stereocenters. The molecule has 1 aromatic rings. The molecule has 2 rings (SSSR count). The predicted molar refractivity (Wildman–Crippen MR) is 77.9 cm³/mol. The Hall–Kier alpha value is -0.860. The summed E-state index contributed by atoms with van der Waals surface area (Å²) >= 11 is 0. The fraction of sp³-hybridized carbons (Fsp3) is 0.625. The van der Waals surface area contributed by atoms with Crippen LogP contribution < -0.4 is 5.32 Å². The van der Waals surface area contributed by atoms with E-state index in [1.165, 1.54) is 50.9 Å². The lowest BCUT2D eigenvalue weighted by Crippen LogP contribution is -2.35. The lowest BCUT2D eigenvalue weighted by Gasteiger charge is -2.29. The van der Waals surface area contributed by atoms with Crippen molar-refractivity contribution in [2.24, 2.45) is 5.92 Å². The zero-order chi connectivity index (χ0) is 12.6. The molecule has 0 spiro atoms. The summed E-state index contributed by atoms with van der Waals surface area (Å²) in [4.78, 5) is 2.44. The highest BCUT2D eigenvalue weighted by molar-refractivity contribution is 5.14. The van der Waals surface area contributed by atoms with Crippen molar-refractivity contribution in [3.63, 3.8) is 0 Å². The highest BCUT2D eigenvalue weighted by atomic mass is 15.1. The first-order valence-corrected chi connectivity index (χ1v) is 7.28. The smallest absolute Gasteiger partial charge is 0.00187 e. The Morgan fingerprint density at radius 2 is 1.89 bits per heavy atom. The summed E-state index contributed by atoms with van der Waals surface area (Å²) in [6.07, 6.45) is 5.17. The molecule has 1 fully saturated rings. The highest BCUT2D eigenvalue weighted by Crippen LogP contribution is 2.14. The van der Waals surface area contributed by atoms with Crippen LogP contribution in [-0.4, -0.2) is 38.1 Å². The topological polar surface area (TPSA) is 15.3 Å². The number of nitrogens with one attached hydrogen (secondary N) is 1. The summed E-state index contributed by atoms with van der Waals surface area (Å²) in [6, 6.07) is 10.8. The summed E-state index contributed by atoms with van der Waals surface area (Å²) in [6.45, 7) is 4.91. The molecule has 0 amide bonds. The Kier molecular flexibility index (Phi) is 5.69. The molecule has 1 N–H and O–H groups in total. The van der Waals surface area contributed by atoms with Gasteiger partial charge in [0.15, 0.2) is 0 Å². The Labute approximate surface area is 111 Å². The van der Waals surface area contributed by atoms with E-state index in [0.29, 0.717) is 0 Å². The van der Waals surface area contributed by atoms with Gasteiger partial charge >= 0.3 is 0 Å². The minimum Gasteiger partial charge on any atom is -0.316 e. The molecule has 0 saturated carbocycles. The Balaban J connectivity index is 1.51. The fourth-order valence-electron chi connectivity index (χ4n) is 2.63. The molecule has 1 saturated heterocycles. The van der Waals surface area contributed by atoms with Crippen LogP contribution in [0, 0.1) is 5.92 Å². The third-order valence-corrected chi connectivity index (χ3v) is 3.93. The molecule has 18 heavy (non-hydrogen) atoms. The van der Waals surface area contributed by atoms with E-state index < -0.39 is 0 Å². The van der Waals surface area contributed by atoms with E-state index in [2.05, 4.69) is 47.6 Å². The van der Waals surface area contributed by atoms with Crippen molar-refractivity contribution in [1.82, 2.24) is 10.2 Å². The van der Waals surface area contributed by atoms with Crippen LogP contribution in [0.5, 0.6) is 0 Å². The van der Waals surface area contributed by atoms with Gasteiger partial charge in [-0.3, -0.25) is 0 Å². The SMILES string of the molecule is CN1CCC(CNCCCc2ccccc2)CC1. The van der Waals surface area contributed by atoms with Gasteiger partial charge < -0.3 is 10.2 Å². The summed E-state index contributed by atoms with van der Waals surface area (Å²) < 4.78 is 0. The minimum absolute atomic E-state index is 0.901. The summed E-state index contributed by atoms with van der Waals surface area (Å²) in [5.41, 5.74) is 1.46. The monoisotopic (exact) mass is 246 g/mol. The van der Waals surface area contributed by atoms with Crippen LogP contribution >= 0.6 is 0 Å². The van der Waals surface area contributed by atoms with E-state index in [1.807, 2.05) is 0 Å². The van der Waals surface area contributed by atoms with E-state index in [0.717, 1.165) is 12.5 Å². The highest BCUT2D eigenvalue weighted by Gasteiger charge is 2.15. The summed E-state index contributed by atoms with van der Waals surface area (Å²) in [5, 5.41) is 3.62. The first-order chi connectivity index (χ1) is 8.84. The first-order valence-electron chi connectivity index (χ1n) is 7.28. The van der Waals surface area contributed by atoms with Crippen molar-refractivity contribution < 1.29 is 0 Å². The second kappa shape index (κ2) is 7.55. The van der Waals surface area contributed by atoms with Crippen LogP contribution in [0.1, 0.15) is 24.8 Å². The van der Waals surface area contributed by atoms with E-state index in [-0.39, 0.29) is 0 Å². The molecule has 0 unspecified atom stereocenters. The third kappa shape index (κ3) is 4.79. The van der Waals surface area contributed by atoms with Gasteiger partial charge in [-0.25, -0.2) is 0 Å². The van der Waals surface area contributed by atoms with Gasteiger partial charge in [-0.05, 0) is 70.4 Å². The lowest BCUT2D eigenvalue weighted by molar-refractivity contribution is 0.216. The lowest BCUT2D eigenvalue weighted by atomic mass is 9.97. The van der Waals surface area contributed by atoms with Crippen molar-refractivity contribution in [2.45, 2.75) is 25.7 Å². The maximum absolute atomic E-state index is 3.62. The second-order valence-electron chi connectivity index (χ2n) is 5.54. The molecule has 100 valence electrons. The van der Waals surface area contributed by atoms with Gasteiger partial charge in [0.05, 0.1) is 0 Å². The third-order valence-electron chi connectivity index (χ3n) is 3.93. The van der Waals surface area contributed by atoms with Crippen molar-refractivity contribution in [1.29, 1.82) is 0 Å². The van der Waals surface area contributed by atoms with Gasteiger partial charge in [-0.2, -0.15) is 0 Å². The van der Waals surface area contributed by atoms with Crippen LogP contribution in [0.3, 0.4) is 0 Å². The van der Waals surface area contributed by atoms with E-state index in [9.17, 15) is 0 Å². The molecule has 0 bridgehead atoms. The van der Waals surface area contributed by atoms with Gasteiger partial charge in [0.25, 0.3) is 0 Å². The van der Waals surface area contributed by atoms with Crippen molar-refractivity contribution >= 4 is 0 Å². The van der Waals surface area contributed by atoms with Gasteiger partial charge in [0, 0.05) is 0 Å². The first kappa shape index (κ1) is 13.6. The number of rotatable bonds is 6. The number of hydrogen-bond donors (Lipinski definition) is 1. The molecule has 0 aromatic heterocycles. The Bertz CT molecular complexity index is 315. The quantitative estimate of drug-likeness (QED) is 0.776. The Morgan fingerprint density at radius 3 is 2.61 bits per heavy atom. The van der Waals surface area contributed by atoms with E-state index in [4.69, 9.17) is 0 Å². The molecular formula is C16H26N2. The fourth-order valence-corrected chi connectivity index (χ4v) is 2.63. The van der Waals surface area contributed by atoms with E-state index >= 15 is 0 Å². The Morgan fingerprint density at radius 1 is 1.17 bits per heavy atom. The van der Waals surface area contributed by atoms with Crippen molar-refractivity contribution in [2.75, 3.05) is 33.2 Å². The second-order valence-corrected chi connectivity index (χ2v) is 5.54. The molecule has 1 heterocycles. The number of likely N-dealkylation sites (tertiary alicyclic amines) is 1. The average Bonchev–Trinajstić information content (AvgIpc) is 2.42. The van der Waals surface area contributed by atoms with Crippen LogP contribution in [0.2, 0.25) is 0 Å². The van der Waals surface area contributed by atoms with E-state index in [1.54, 1.807) is 0 Å². The predicted octanol–water partition coefficient (Wildman–Crippen LogP) is 2.55. The number of piperidine rings is 1. The summed E-state index contributed by atoms with van der Waals surface area (Å²) in [5.74, 6) is 0.901. The largest absolute Gasteiger partial charge is 0.316 e. The zero-order valence-electron chi connectivity index (χ0n) is 11.6. The normalized spacial score (nSPS) is 18.1. The molecule has 2 nitrogen and oxygen atoms in total. The van der Waals surface area contributed by atoms with Gasteiger partial charge in [0.1, 0.15) is 0 Å². The number of nitrogens with zero attached hydrogens (tertiary/aromatic N) is 1. The number of hydrogen-bond acceptors (Lipinski definition) is 2. The van der Waals surface area contributed by atoms with Crippen LogP contribution in [-0.2, 0) is 6.42 Å². The maximum atomic E-state index is 3.62. The van der Waals surface area contributed by atoms with Gasteiger partial charge in [-0.15, -0.1) is 0 Å². The van der Waals surface area contributed by atoms with Crippen molar-refractivity contribution in [3.05, 3.63) is 35.9 Å². The standard InChI is InChI=1S/C16H26N2/c1-18-12-9-16(10-13-18)14-17-11-5-8-15-6-3-2-4-7-15/h2-4,6-7,16-17H,5,8-14H2,1H3. The van der Waals surface area contributed by atoms with Crippen molar-refractivity contribution in [3.8, 4) is 0 Å². The molecule has 2 heteroatoms.